The molecule has 3 N–H and O–H groups in total. The summed E-state index contributed by atoms with van der Waals surface area (Å²) in [6.07, 6.45) is 0. The third kappa shape index (κ3) is 2.35. The monoisotopic (exact) mass is 206 g/mol. The van der Waals surface area contributed by atoms with E-state index in [1.54, 1.807) is 24.3 Å². The zero-order chi connectivity index (χ0) is 10.7. The van der Waals surface area contributed by atoms with Crippen LogP contribution in [-0.4, -0.2) is 0 Å². The molecule has 0 amide bonds. The molecule has 0 aliphatic carbocycles. The van der Waals surface area contributed by atoms with Crippen LogP contribution in [-0.2, 0) is 6.54 Å². The number of rotatable bonds is 3. The largest absolute Gasteiger partial charge is 0.444 e. The van der Waals surface area contributed by atoms with E-state index in [1.807, 2.05) is 0 Å². The summed E-state index contributed by atoms with van der Waals surface area (Å²) in [4.78, 5) is 0. The third-order valence-electron chi connectivity index (χ3n) is 1.97. The summed E-state index contributed by atoms with van der Waals surface area (Å²) < 4.78 is 18.0. The van der Waals surface area contributed by atoms with Crippen LogP contribution in [0.4, 0.5) is 16.0 Å². The van der Waals surface area contributed by atoms with Crippen LogP contribution in [0, 0.1) is 5.82 Å². The molecule has 1 aromatic heterocycles. The lowest BCUT2D eigenvalue weighted by atomic mass is 10.3. The van der Waals surface area contributed by atoms with Crippen LogP contribution in [0.25, 0.3) is 0 Å². The minimum atomic E-state index is -0.261. The van der Waals surface area contributed by atoms with Crippen LogP contribution >= 0.6 is 0 Å². The first kappa shape index (κ1) is 9.73. The molecular weight excluding hydrogens is 195 g/mol. The summed E-state index contributed by atoms with van der Waals surface area (Å²) in [5.74, 6) is 1.05. The van der Waals surface area contributed by atoms with Gasteiger partial charge in [-0.1, -0.05) is 0 Å². The topological polar surface area (TPSA) is 51.2 Å². The molecule has 2 aromatic rings. The SMILES string of the molecule is NCc1ccc(Nc2ccc(F)cc2)o1. The molecule has 0 unspecified atom stereocenters. The highest BCUT2D eigenvalue weighted by Crippen LogP contribution is 2.19. The standard InChI is InChI=1S/C11H11FN2O/c12-8-1-3-9(4-2-8)14-11-6-5-10(7-13)15-11/h1-6,14H,7,13H2. The summed E-state index contributed by atoms with van der Waals surface area (Å²) in [5.41, 5.74) is 6.18. The number of benzene rings is 1. The molecule has 0 bridgehead atoms. The van der Waals surface area contributed by atoms with Crippen LogP contribution in [0.15, 0.2) is 40.8 Å². The highest BCUT2D eigenvalue weighted by Gasteiger charge is 2.00. The number of halogens is 1. The van der Waals surface area contributed by atoms with Crippen LogP contribution in [0.5, 0.6) is 0 Å². The van der Waals surface area contributed by atoms with Gasteiger partial charge in [-0.2, -0.15) is 0 Å². The molecule has 0 aliphatic rings. The zero-order valence-corrected chi connectivity index (χ0v) is 8.03. The molecule has 0 spiro atoms. The number of hydrogen-bond donors (Lipinski definition) is 2. The average molecular weight is 206 g/mol. The summed E-state index contributed by atoms with van der Waals surface area (Å²) in [6.45, 7) is 0.366. The summed E-state index contributed by atoms with van der Waals surface area (Å²) in [6, 6.07) is 9.63. The van der Waals surface area contributed by atoms with Crippen molar-refractivity contribution in [2.24, 2.45) is 5.73 Å². The lowest BCUT2D eigenvalue weighted by Gasteiger charge is -2.01. The van der Waals surface area contributed by atoms with Crippen molar-refractivity contribution < 1.29 is 8.81 Å². The fourth-order valence-corrected chi connectivity index (χ4v) is 1.23. The van der Waals surface area contributed by atoms with E-state index in [4.69, 9.17) is 10.2 Å². The first-order chi connectivity index (χ1) is 7.28. The zero-order valence-electron chi connectivity index (χ0n) is 8.03. The van der Waals surface area contributed by atoms with Gasteiger partial charge in [-0.15, -0.1) is 0 Å². The lowest BCUT2D eigenvalue weighted by molar-refractivity contribution is 0.528. The van der Waals surface area contributed by atoms with Crippen molar-refractivity contribution in [3.63, 3.8) is 0 Å². The van der Waals surface area contributed by atoms with Crippen LogP contribution in [0.2, 0.25) is 0 Å². The Kier molecular flexibility index (Phi) is 2.69. The van der Waals surface area contributed by atoms with Crippen molar-refractivity contribution in [3.8, 4) is 0 Å². The second kappa shape index (κ2) is 4.14. The molecule has 15 heavy (non-hydrogen) atoms. The molecule has 3 nitrogen and oxygen atoms in total. The van der Waals surface area contributed by atoms with Gasteiger partial charge in [0.1, 0.15) is 11.6 Å². The maximum absolute atomic E-state index is 12.6. The Morgan fingerprint density at radius 2 is 1.87 bits per heavy atom. The van der Waals surface area contributed by atoms with Gasteiger partial charge in [0.05, 0.1) is 6.54 Å². The van der Waals surface area contributed by atoms with Crippen molar-refractivity contribution in [1.82, 2.24) is 0 Å². The smallest absolute Gasteiger partial charge is 0.197 e. The molecule has 0 radical (unpaired) electrons. The van der Waals surface area contributed by atoms with Crippen molar-refractivity contribution in [3.05, 3.63) is 48.0 Å². The minimum absolute atomic E-state index is 0.261. The minimum Gasteiger partial charge on any atom is -0.444 e. The molecule has 4 heteroatoms. The van der Waals surface area contributed by atoms with Gasteiger partial charge in [0.15, 0.2) is 5.88 Å². The van der Waals surface area contributed by atoms with Gasteiger partial charge in [0.25, 0.3) is 0 Å². The van der Waals surface area contributed by atoms with E-state index in [0.29, 0.717) is 18.2 Å². The summed E-state index contributed by atoms with van der Waals surface area (Å²) in [7, 11) is 0. The van der Waals surface area contributed by atoms with Gasteiger partial charge in [-0.3, -0.25) is 0 Å². The third-order valence-corrected chi connectivity index (χ3v) is 1.97. The predicted octanol–water partition coefficient (Wildman–Crippen LogP) is 2.62. The van der Waals surface area contributed by atoms with E-state index in [2.05, 4.69) is 5.32 Å². The van der Waals surface area contributed by atoms with Crippen molar-refractivity contribution >= 4 is 11.6 Å². The molecule has 0 saturated heterocycles. The Balaban J connectivity index is 2.11. The number of nitrogens with two attached hydrogens (primary N) is 1. The molecular formula is C11H11FN2O. The average Bonchev–Trinajstić information content (AvgIpc) is 2.69. The van der Waals surface area contributed by atoms with E-state index in [-0.39, 0.29) is 5.82 Å². The van der Waals surface area contributed by atoms with Gasteiger partial charge >= 0.3 is 0 Å². The van der Waals surface area contributed by atoms with Crippen LogP contribution in [0.3, 0.4) is 0 Å². The molecule has 78 valence electrons. The Labute approximate surface area is 86.7 Å². The highest BCUT2D eigenvalue weighted by molar-refractivity contribution is 5.54. The maximum atomic E-state index is 12.6. The number of furan rings is 1. The van der Waals surface area contributed by atoms with E-state index < -0.39 is 0 Å². The van der Waals surface area contributed by atoms with E-state index >= 15 is 0 Å². The maximum Gasteiger partial charge on any atom is 0.197 e. The van der Waals surface area contributed by atoms with Gasteiger partial charge in [-0.05, 0) is 30.3 Å². The lowest BCUT2D eigenvalue weighted by Crippen LogP contribution is -1.93. The Hall–Kier alpha value is -1.81. The number of hydrogen-bond acceptors (Lipinski definition) is 3. The second-order valence-corrected chi connectivity index (χ2v) is 3.10. The van der Waals surface area contributed by atoms with E-state index in [0.717, 1.165) is 5.69 Å². The van der Waals surface area contributed by atoms with Gasteiger partial charge in [0, 0.05) is 11.8 Å². The highest BCUT2D eigenvalue weighted by atomic mass is 19.1. The first-order valence-corrected chi connectivity index (χ1v) is 4.59. The Morgan fingerprint density at radius 1 is 1.13 bits per heavy atom. The van der Waals surface area contributed by atoms with E-state index in [9.17, 15) is 4.39 Å². The van der Waals surface area contributed by atoms with E-state index in [1.165, 1.54) is 12.1 Å². The molecule has 0 aliphatic heterocycles. The first-order valence-electron chi connectivity index (χ1n) is 4.59. The van der Waals surface area contributed by atoms with Crippen molar-refractivity contribution in [2.45, 2.75) is 6.54 Å². The second-order valence-electron chi connectivity index (χ2n) is 3.10. The van der Waals surface area contributed by atoms with Crippen molar-refractivity contribution in [2.75, 3.05) is 5.32 Å². The molecule has 0 atom stereocenters. The van der Waals surface area contributed by atoms with Gasteiger partial charge in [-0.25, -0.2) is 4.39 Å². The fraction of sp³-hybridized carbons (Fsp3) is 0.0909. The molecule has 0 saturated carbocycles. The molecule has 2 rings (SSSR count). The van der Waals surface area contributed by atoms with Crippen LogP contribution < -0.4 is 11.1 Å². The predicted molar refractivity (Wildman–Crippen MR) is 56.3 cm³/mol. The Morgan fingerprint density at radius 3 is 2.47 bits per heavy atom. The van der Waals surface area contributed by atoms with Crippen LogP contribution in [0.1, 0.15) is 5.76 Å². The Bertz CT molecular complexity index is 436. The summed E-state index contributed by atoms with van der Waals surface area (Å²) >= 11 is 0. The fourth-order valence-electron chi connectivity index (χ4n) is 1.23. The number of anilines is 2. The molecule has 1 heterocycles. The van der Waals surface area contributed by atoms with Crippen molar-refractivity contribution in [1.29, 1.82) is 0 Å². The molecule has 1 aromatic carbocycles. The summed E-state index contributed by atoms with van der Waals surface area (Å²) in [5, 5.41) is 3.00. The number of nitrogens with one attached hydrogen (secondary N) is 1. The molecule has 0 fully saturated rings. The normalized spacial score (nSPS) is 10.3. The van der Waals surface area contributed by atoms with Gasteiger partial charge < -0.3 is 15.5 Å². The quantitative estimate of drug-likeness (QED) is 0.811. The van der Waals surface area contributed by atoms with Gasteiger partial charge in [0.2, 0.25) is 0 Å².